The highest BCUT2D eigenvalue weighted by Gasteiger charge is 2.44. The molecule has 1 saturated heterocycles. The Balaban J connectivity index is 2.57. The number of carbonyl (C=O) groups excluding carboxylic acids is 1. The molecule has 5 N–H and O–H groups in total. The largest absolute Gasteiger partial charge is 0.394 e. The zero-order valence-electron chi connectivity index (χ0n) is 9.70. The summed E-state index contributed by atoms with van der Waals surface area (Å²) in [6.45, 7) is -0.539. The minimum atomic E-state index is -1.49. The van der Waals surface area contributed by atoms with E-state index in [1.165, 1.54) is 0 Å². The van der Waals surface area contributed by atoms with Crippen molar-refractivity contribution in [1.29, 1.82) is 0 Å². The van der Waals surface area contributed by atoms with Gasteiger partial charge in [0, 0.05) is 12.3 Å². The number of aliphatic hydroxyl groups is 4. The van der Waals surface area contributed by atoms with Crippen LogP contribution in [0.25, 0.3) is 0 Å². The smallest absolute Gasteiger partial charge is 0.220 e. The molecule has 8 heteroatoms. The summed E-state index contributed by atoms with van der Waals surface area (Å²) in [5.41, 5.74) is 0. The third kappa shape index (κ3) is 3.78. The molecule has 1 aliphatic rings. The predicted octanol–water partition coefficient (Wildman–Crippen LogP) is -2.08. The zero-order valence-corrected chi connectivity index (χ0v) is 10.5. The summed E-state index contributed by atoms with van der Waals surface area (Å²) in [5, 5.41) is 40.2. The van der Waals surface area contributed by atoms with Gasteiger partial charge in [-0.05, 0) is 6.42 Å². The average molecular weight is 284 g/mol. The molecule has 18 heavy (non-hydrogen) atoms. The Kier molecular flexibility index (Phi) is 6.27. The van der Waals surface area contributed by atoms with Gasteiger partial charge in [0.15, 0.2) is 6.29 Å². The van der Waals surface area contributed by atoms with E-state index in [2.05, 4.69) is 5.32 Å². The molecule has 1 amide bonds. The van der Waals surface area contributed by atoms with E-state index in [4.69, 9.17) is 21.4 Å². The highest BCUT2D eigenvalue weighted by Crippen LogP contribution is 2.19. The fraction of sp³-hybridized carbons (Fsp3) is 0.900. The predicted molar refractivity (Wildman–Crippen MR) is 61.9 cm³/mol. The molecule has 106 valence electrons. The Bertz CT molecular complexity index is 279. The molecule has 1 rings (SSSR count). The van der Waals surface area contributed by atoms with Crippen molar-refractivity contribution in [3.8, 4) is 0 Å². The van der Waals surface area contributed by atoms with E-state index in [9.17, 15) is 20.1 Å². The molecule has 0 aromatic carbocycles. The first-order chi connectivity index (χ1) is 8.51. The molecule has 7 nitrogen and oxygen atoms in total. The van der Waals surface area contributed by atoms with Crippen LogP contribution in [-0.4, -0.2) is 69.5 Å². The van der Waals surface area contributed by atoms with Crippen molar-refractivity contribution in [2.24, 2.45) is 0 Å². The van der Waals surface area contributed by atoms with E-state index in [-0.39, 0.29) is 6.42 Å². The fourth-order valence-electron chi connectivity index (χ4n) is 1.74. The van der Waals surface area contributed by atoms with Crippen LogP contribution in [0.4, 0.5) is 0 Å². The standard InChI is InChI=1S/C10H18ClNO6/c11-3-1-2-6(14)12-7-9(16)8(15)5(4-13)18-10(7)17/h5,7-10,13,15-17H,1-4H2,(H,12,14)/t5-,7-,8-,9-,10-/m1/s1. The second kappa shape index (κ2) is 7.22. The topological polar surface area (TPSA) is 119 Å². The van der Waals surface area contributed by atoms with E-state index in [1.807, 2.05) is 0 Å². The van der Waals surface area contributed by atoms with Gasteiger partial charge in [0.05, 0.1) is 6.61 Å². The first kappa shape index (κ1) is 15.6. The number of amides is 1. The Hall–Kier alpha value is -0.440. The van der Waals surface area contributed by atoms with Crippen LogP contribution >= 0.6 is 11.6 Å². The van der Waals surface area contributed by atoms with Gasteiger partial charge in [-0.3, -0.25) is 4.79 Å². The van der Waals surface area contributed by atoms with Crippen LogP contribution in [-0.2, 0) is 9.53 Å². The second-order valence-electron chi connectivity index (χ2n) is 4.11. The van der Waals surface area contributed by atoms with Crippen molar-refractivity contribution in [1.82, 2.24) is 5.32 Å². The van der Waals surface area contributed by atoms with E-state index >= 15 is 0 Å². The van der Waals surface area contributed by atoms with Gasteiger partial charge in [-0.1, -0.05) is 0 Å². The maximum absolute atomic E-state index is 11.4. The van der Waals surface area contributed by atoms with Gasteiger partial charge in [-0.2, -0.15) is 0 Å². The molecule has 0 unspecified atom stereocenters. The van der Waals surface area contributed by atoms with Crippen LogP contribution in [0, 0.1) is 0 Å². The first-order valence-corrected chi connectivity index (χ1v) is 6.20. The molecule has 1 heterocycles. The third-order valence-corrected chi connectivity index (χ3v) is 3.03. The minimum Gasteiger partial charge on any atom is -0.394 e. The van der Waals surface area contributed by atoms with Gasteiger partial charge < -0.3 is 30.5 Å². The van der Waals surface area contributed by atoms with Gasteiger partial charge in [0.1, 0.15) is 24.4 Å². The maximum Gasteiger partial charge on any atom is 0.220 e. The van der Waals surface area contributed by atoms with Crippen LogP contribution in [0.1, 0.15) is 12.8 Å². The van der Waals surface area contributed by atoms with E-state index < -0.39 is 43.2 Å². The second-order valence-corrected chi connectivity index (χ2v) is 4.49. The Labute approximate surface area is 109 Å². The number of hydrogen-bond donors (Lipinski definition) is 5. The highest BCUT2D eigenvalue weighted by molar-refractivity contribution is 6.17. The van der Waals surface area contributed by atoms with Crippen LogP contribution in [0.5, 0.6) is 0 Å². The number of halogens is 1. The molecule has 1 aliphatic heterocycles. The lowest BCUT2D eigenvalue weighted by Gasteiger charge is -2.40. The molecule has 0 saturated carbocycles. The zero-order chi connectivity index (χ0) is 13.7. The number of rotatable bonds is 5. The number of ether oxygens (including phenoxy) is 1. The molecule has 0 aromatic heterocycles. The van der Waals surface area contributed by atoms with Crippen molar-refractivity contribution < 1.29 is 30.0 Å². The molecule has 0 radical (unpaired) electrons. The Morgan fingerprint density at radius 2 is 1.94 bits per heavy atom. The summed E-state index contributed by atoms with van der Waals surface area (Å²) in [5.74, 6) is -0.0773. The van der Waals surface area contributed by atoms with Crippen LogP contribution in [0.2, 0.25) is 0 Å². The lowest BCUT2D eigenvalue weighted by molar-refractivity contribution is -0.253. The third-order valence-electron chi connectivity index (χ3n) is 2.77. The molecular formula is C10H18ClNO6. The summed E-state index contributed by atoms with van der Waals surface area (Å²) in [6, 6.07) is -1.13. The Morgan fingerprint density at radius 1 is 1.28 bits per heavy atom. The quantitative estimate of drug-likeness (QED) is 0.370. The summed E-state index contributed by atoms with van der Waals surface area (Å²) in [6.07, 6.45) is -4.73. The molecule has 0 bridgehead atoms. The molecular weight excluding hydrogens is 266 g/mol. The van der Waals surface area contributed by atoms with Crippen molar-refractivity contribution in [3.05, 3.63) is 0 Å². The van der Waals surface area contributed by atoms with Crippen molar-refractivity contribution in [3.63, 3.8) is 0 Å². The number of alkyl halides is 1. The minimum absolute atomic E-state index is 0.152. The molecule has 0 spiro atoms. The molecule has 5 atom stereocenters. The lowest BCUT2D eigenvalue weighted by Crippen LogP contribution is -2.64. The maximum atomic E-state index is 11.4. The molecule has 0 aromatic rings. The Morgan fingerprint density at radius 3 is 2.50 bits per heavy atom. The number of carbonyl (C=O) groups is 1. The van der Waals surface area contributed by atoms with Crippen molar-refractivity contribution in [2.75, 3.05) is 12.5 Å². The summed E-state index contributed by atoms with van der Waals surface area (Å²) in [7, 11) is 0. The summed E-state index contributed by atoms with van der Waals surface area (Å²) in [4.78, 5) is 11.4. The average Bonchev–Trinajstić information content (AvgIpc) is 2.36. The van der Waals surface area contributed by atoms with Gasteiger partial charge >= 0.3 is 0 Å². The normalized spacial score (nSPS) is 36.4. The van der Waals surface area contributed by atoms with E-state index in [1.54, 1.807) is 0 Å². The van der Waals surface area contributed by atoms with Gasteiger partial charge in [0.2, 0.25) is 5.91 Å². The SMILES string of the molecule is O=C(CCCCl)N[C@@H]1[C@@H](O)[C@H](O)[C@@H](CO)O[C@H]1O. The summed E-state index contributed by atoms with van der Waals surface area (Å²) < 4.78 is 4.89. The van der Waals surface area contributed by atoms with Crippen LogP contribution in [0.3, 0.4) is 0 Å². The van der Waals surface area contributed by atoms with E-state index in [0.717, 1.165) is 0 Å². The van der Waals surface area contributed by atoms with E-state index in [0.29, 0.717) is 12.3 Å². The fourth-order valence-corrected chi connectivity index (χ4v) is 1.87. The van der Waals surface area contributed by atoms with Crippen molar-refractivity contribution >= 4 is 17.5 Å². The highest BCUT2D eigenvalue weighted by atomic mass is 35.5. The van der Waals surface area contributed by atoms with Crippen LogP contribution in [0.15, 0.2) is 0 Å². The number of nitrogens with one attached hydrogen (secondary N) is 1. The first-order valence-electron chi connectivity index (χ1n) is 5.67. The monoisotopic (exact) mass is 283 g/mol. The van der Waals surface area contributed by atoms with Crippen molar-refractivity contribution in [2.45, 2.75) is 43.5 Å². The molecule has 1 fully saturated rings. The summed E-state index contributed by atoms with van der Waals surface area (Å²) >= 11 is 5.44. The van der Waals surface area contributed by atoms with Gasteiger partial charge in [0.25, 0.3) is 0 Å². The van der Waals surface area contributed by atoms with Crippen LogP contribution < -0.4 is 5.32 Å². The van der Waals surface area contributed by atoms with Gasteiger partial charge in [-0.25, -0.2) is 0 Å². The lowest BCUT2D eigenvalue weighted by atomic mass is 9.97. The number of aliphatic hydroxyl groups excluding tert-OH is 4. The molecule has 0 aliphatic carbocycles. The number of hydrogen-bond acceptors (Lipinski definition) is 6. The van der Waals surface area contributed by atoms with Gasteiger partial charge in [-0.15, -0.1) is 11.6 Å².